The molecule has 0 aromatic carbocycles. The minimum Gasteiger partial charge on any atom is -0.481 e. The van der Waals surface area contributed by atoms with E-state index < -0.39 is 5.97 Å². The number of hydrogen-bond donors (Lipinski definition) is 1. The Morgan fingerprint density at radius 1 is 0.561 bits per heavy atom. The van der Waals surface area contributed by atoms with Gasteiger partial charge in [-0.25, -0.2) is 0 Å². The predicted octanol–water partition coefficient (Wildman–Crippen LogP) is 11.8. The zero-order valence-corrected chi connectivity index (χ0v) is 27.1. The Balaban J connectivity index is 3.77. The largest absolute Gasteiger partial charge is 0.481 e. The van der Waals surface area contributed by atoms with Crippen molar-refractivity contribution >= 4 is 11.9 Å². The molecule has 0 aliphatic rings. The standard InChI is InChI=1S/C37H66O4/c1-3-5-7-8-9-10-11-12-13-14-15-16-17-18-23-26-30-34-37(40)41-35(31-27-6-4-2)32-28-24-21-19-20-22-25-29-33-36(38)39/h5,7,9-10,12-13,35H,3-4,6,8,11,14-34H2,1-2H3,(H,38,39)/b7-5-,10-9-,13-12-. The van der Waals surface area contributed by atoms with Crippen LogP contribution in [0.5, 0.6) is 0 Å². The fraction of sp³-hybridized carbons (Fsp3) is 0.784. The minimum atomic E-state index is -0.685. The summed E-state index contributed by atoms with van der Waals surface area (Å²) in [5.41, 5.74) is 0. The number of allylic oxidation sites excluding steroid dienone is 6. The van der Waals surface area contributed by atoms with Gasteiger partial charge in [-0.15, -0.1) is 0 Å². The summed E-state index contributed by atoms with van der Waals surface area (Å²) >= 11 is 0. The van der Waals surface area contributed by atoms with Gasteiger partial charge in [-0.2, -0.15) is 0 Å². The van der Waals surface area contributed by atoms with Crippen LogP contribution in [-0.2, 0) is 14.3 Å². The van der Waals surface area contributed by atoms with E-state index in [0.717, 1.165) is 77.0 Å². The number of aliphatic carboxylic acids is 1. The number of esters is 1. The Kier molecular flexibility index (Phi) is 31.2. The zero-order chi connectivity index (χ0) is 30.1. The van der Waals surface area contributed by atoms with Crippen molar-refractivity contribution in [1.29, 1.82) is 0 Å². The van der Waals surface area contributed by atoms with Crippen LogP contribution in [0, 0.1) is 0 Å². The quantitative estimate of drug-likeness (QED) is 0.0508. The minimum absolute atomic E-state index is 0.00640. The number of rotatable bonds is 31. The van der Waals surface area contributed by atoms with Gasteiger partial charge in [0.1, 0.15) is 6.10 Å². The van der Waals surface area contributed by atoms with Crippen molar-refractivity contribution < 1.29 is 19.4 Å². The summed E-state index contributed by atoms with van der Waals surface area (Å²) in [6, 6.07) is 0. The SMILES string of the molecule is CC/C=C\C/C=C\C/C=C\CCCCCCCCCC(=O)OC(CCCCC)CCCCCCCCCCC(=O)O. The average Bonchev–Trinajstić information content (AvgIpc) is 2.95. The molecule has 1 atom stereocenters. The van der Waals surface area contributed by atoms with E-state index >= 15 is 0 Å². The predicted molar refractivity (Wildman–Crippen MR) is 176 cm³/mol. The van der Waals surface area contributed by atoms with Gasteiger partial charge in [0.25, 0.3) is 0 Å². The van der Waals surface area contributed by atoms with Gasteiger partial charge >= 0.3 is 11.9 Å². The normalized spacial score (nSPS) is 12.6. The van der Waals surface area contributed by atoms with Gasteiger partial charge in [-0.1, -0.05) is 134 Å². The lowest BCUT2D eigenvalue weighted by atomic mass is 10.0. The molecule has 1 unspecified atom stereocenters. The highest BCUT2D eigenvalue weighted by Crippen LogP contribution is 2.18. The van der Waals surface area contributed by atoms with Crippen LogP contribution in [0.15, 0.2) is 36.5 Å². The first-order valence-corrected chi connectivity index (χ1v) is 17.5. The zero-order valence-electron chi connectivity index (χ0n) is 27.1. The number of hydrogen-bond acceptors (Lipinski definition) is 3. The molecule has 4 nitrogen and oxygen atoms in total. The van der Waals surface area contributed by atoms with E-state index in [1.807, 2.05) is 0 Å². The Labute approximate surface area is 254 Å². The highest BCUT2D eigenvalue weighted by atomic mass is 16.5. The van der Waals surface area contributed by atoms with Crippen molar-refractivity contribution in [3.05, 3.63) is 36.5 Å². The lowest BCUT2D eigenvalue weighted by molar-refractivity contribution is -0.150. The molecule has 0 saturated heterocycles. The molecule has 1 N–H and O–H groups in total. The van der Waals surface area contributed by atoms with Crippen LogP contribution in [0.1, 0.15) is 181 Å². The van der Waals surface area contributed by atoms with E-state index in [2.05, 4.69) is 50.3 Å². The van der Waals surface area contributed by atoms with Gasteiger partial charge in [0, 0.05) is 12.8 Å². The van der Waals surface area contributed by atoms with Gasteiger partial charge < -0.3 is 9.84 Å². The van der Waals surface area contributed by atoms with Crippen LogP contribution in [0.25, 0.3) is 0 Å². The summed E-state index contributed by atoms with van der Waals surface area (Å²) in [6.07, 6.45) is 41.8. The fourth-order valence-corrected chi connectivity index (χ4v) is 5.08. The third-order valence-corrected chi connectivity index (χ3v) is 7.63. The molecule has 0 rings (SSSR count). The molecule has 0 bridgehead atoms. The Morgan fingerprint density at radius 2 is 1.02 bits per heavy atom. The maximum atomic E-state index is 12.5. The molecule has 0 aliphatic carbocycles. The third kappa shape index (κ3) is 32.5. The van der Waals surface area contributed by atoms with Gasteiger partial charge in [-0.05, 0) is 70.6 Å². The van der Waals surface area contributed by atoms with E-state index in [0.29, 0.717) is 12.8 Å². The smallest absolute Gasteiger partial charge is 0.306 e. The summed E-state index contributed by atoms with van der Waals surface area (Å²) in [5.74, 6) is -0.679. The second-order valence-electron chi connectivity index (χ2n) is 11.7. The molecule has 0 aromatic rings. The molecule has 0 fully saturated rings. The van der Waals surface area contributed by atoms with Crippen molar-refractivity contribution in [2.24, 2.45) is 0 Å². The molecule has 0 aliphatic heterocycles. The topological polar surface area (TPSA) is 63.6 Å². The summed E-state index contributed by atoms with van der Waals surface area (Å²) in [7, 11) is 0. The first kappa shape index (κ1) is 39.2. The van der Waals surface area contributed by atoms with Crippen molar-refractivity contribution in [2.75, 3.05) is 0 Å². The van der Waals surface area contributed by atoms with Gasteiger partial charge in [0.05, 0.1) is 0 Å². The molecule has 41 heavy (non-hydrogen) atoms. The maximum absolute atomic E-state index is 12.5. The summed E-state index contributed by atoms with van der Waals surface area (Å²) in [5, 5.41) is 8.69. The second kappa shape index (κ2) is 32.7. The number of carboxylic acids is 1. The van der Waals surface area contributed by atoms with E-state index in [1.165, 1.54) is 77.0 Å². The first-order chi connectivity index (χ1) is 20.1. The second-order valence-corrected chi connectivity index (χ2v) is 11.7. The number of carboxylic acid groups (broad SMARTS) is 1. The van der Waals surface area contributed by atoms with Crippen LogP contribution in [0.3, 0.4) is 0 Å². The Bertz CT molecular complexity index is 664. The van der Waals surface area contributed by atoms with Crippen LogP contribution in [0.2, 0.25) is 0 Å². The summed E-state index contributed by atoms with van der Waals surface area (Å²) < 4.78 is 5.92. The summed E-state index contributed by atoms with van der Waals surface area (Å²) in [4.78, 5) is 23.0. The Morgan fingerprint density at radius 3 is 1.59 bits per heavy atom. The van der Waals surface area contributed by atoms with E-state index in [1.54, 1.807) is 0 Å². The van der Waals surface area contributed by atoms with Gasteiger partial charge in [0.15, 0.2) is 0 Å². The molecule has 4 heteroatoms. The van der Waals surface area contributed by atoms with Gasteiger partial charge in [0.2, 0.25) is 0 Å². The van der Waals surface area contributed by atoms with Crippen LogP contribution < -0.4 is 0 Å². The lowest BCUT2D eigenvalue weighted by Crippen LogP contribution is -2.18. The average molecular weight is 575 g/mol. The van der Waals surface area contributed by atoms with Crippen LogP contribution >= 0.6 is 0 Å². The van der Waals surface area contributed by atoms with Crippen molar-refractivity contribution in [2.45, 2.75) is 187 Å². The molecule has 0 radical (unpaired) electrons. The molecule has 0 saturated carbocycles. The van der Waals surface area contributed by atoms with Crippen molar-refractivity contribution in [1.82, 2.24) is 0 Å². The van der Waals surface area contributed by atoms with Crippen molar-refractivity contribution in [3.63, 3.8) is 0 Å². The Hall–Kier alpha value is -1.84. The highest BCUT2D eigenvalue weighted by molar-refractivity contribution is 5.69. The number of carbonyl (C=O) groups excluding carboxylic acids is 1. The van der Waals surface area contributed by atoms with E-state index in [-0.39, 0.29) is 12.1 Å². The molecule has 0 amide bonds. The highest BCUT2D eigenvalue weighted by Gasteiger charge is 2.14. The number of unbranched alkanes of at least 4 members (excludes halogenated alkanes) is 16. The maximum Gasteiger partial charge on any atom is 0.306 e. The van der Waals surface area contributed by atoms with Gasteiger partial charge in [-0.3, -0.25) is 9.59 Å². The van der Waals surface area contributed by atoms with Crippen LogP contribution in [-0.4, -0.2) is 23.1 Å². The molecular weight excluding hydrogens is 508 g/mol. The summed E-state index contributed by atoms with van der Waals surface area (Å²) in [6.45, 7) is 4.38. The fourth-order valence-electron chi connectivity index (χ4n) is 5.08. The molecule has 0 aromatic heterocycles. The van der Waals surface area contributed by atoms with Crippen molar-refractivity contribution in [3.8, 4) is 0 Å². The molecule has 0 spiro atoms. The number of ether oxygens (including phenoxy) is 1. The third-order valence-electron chi connectivity index (χ3n) is 7.63. The lowest BCUT2D eigenvalue weighted by Gasteiger charge is -2.18. The monoisotopic (exact) mass is 574 g/mol. The van der Waals surface area contributed by atoms with E-state index in [4.69, 9.17) is 9.84 Å². The number of carbonyl (C=O) groups is 2. The van der Waals surface area contributed by atoms with Crippen LogP contribution in [0.4, 0.5) is 0 Å². The van der Waals surface area contributed by atoms with E-state index in [9.17, 15) is 9.59 Å². The molecule has 238 valence electrons. The molecule has 0 heterocycles. The molecular formula is C37H66O4. The first-order valence-electron chi connectivity index (χ1n) is 17.5.